The van der Waals surface area contributed by atoms with Crippen molar-refractivity contribution in [3.63, 3.8) is 0 Å². The fourth-order valence-corrected chi connectivity index (χ4v) is 17.2. The van der Waals surface area contributed by atoms with Crippen molar-refractivity contribution in [2.24, 2.45) is 0 Å². The first-order valence-electron chi connectivity index (χ1n) is 37.9. The molecule has 120 heavy (non-hydrogen) atoms. The van der Waals surface area contributed by atoms with Crippen LogP contribution in [0.15, 0.2) is 154 Å². The number of aliphatic hydroxyl groups is 8. The fourth-order valence-electron chi connectivity index (χ4n) is 11.9. The molecule has 4 unspecified atom stereocenters. The van der Waals surface area contributed by atoms with Gasteiger partial charge in [-0.1, -0.05) is 79.4 Å². The number of benzene rings is 4. The van der Waals surface area contributed by atoms with Crippen molar-refractivity contribution in [1.29, 1.82) is 0 Å². The number of phosphoric ester groups is 4. The van der Waals surface area contributed by atoms with Crippen molar-refractivity contribution in [3.05, 3.63) is 224 Å². The summed E-state index contributed by atoms with van der Waals surface area (Å²) in [5.74, 6) is -14.0. The quantitative estimate of drug-likeness (QED) is 0.0267. The number of rotatable bonds is 16. The summed E-state index contributed by atoms with van der Waals surface area (Å²) in [7, 11) is -17.9. The van der Waals surface area contributed by atoms with Gasteiger partial charge in [-0.15, -0.1) is 0 Å². The standard InChI is InChI=1S/C18H20FN2O8P.3C17H18FN2O8PS/c1-10-7-21(11(2)20-16(10)24)17-14(22)15(23)18(19,28-17)9-27-30(25)26-8-12-5-3-4-6-13(12)29-30;3*1-9-6-20(16(30)19-14(9)23)15-12(21)13(22)17(18,27-15)8-26-29(24)25-7-10-4-2-3-5-11(10)28-29/h3-7,14-15,17,22-23H,2,8-9H2,1H3,(H,20,24);3*2-6,12-13,15,21-22H,7-8H2,1H3,(H,19,23,30)/t14-,15+,17-,18-,30?;3*12-,13+,15-,17-,29?/m1111/s1/i9D2,17D;15D;8D2;. The van der Waals surface area contributed by atoms with Crippen LogP contribution in [0.5, 0.6) is 23.0 Å². The minimum atomic E-state index is -4.76. The molecule has 0 bridgehead atoms. The molecule has 16 rings (SSSR count). The van der Waals surface area contributed by atoms with Crippen LogP contribution in [0, 0.1) is 35.1 Å². The van der Waals surface area contributed by atoms with Crippen molar-refractivity contribution in [3.8, 4) is 23.0 Å². The SMILES string of the molecule is Cc1cn([C@@H]2O[C@](F)(COP3(=O)OCc4ccccc4O3)[C@@H](O)[C@H]2O)c(=S)[nH]c1=O.[2H]C([2H])(OP1(=O)OCc2ccccc2O1)[C@@]1(F)O[C@@H](n2cc(C)c(=O)[nH]c2=S)[C@H](O)[C@@H]1O.[2H]C([2H])(OP1(=O)OCc2ccccc2O1)[C@@]1(F)O[C@@]([2H])(N2C=C(C)C(=O)NC2=C)[C@H](O)[C@@H]1O.[2H][C@@]1(n2cc(C)c(=O)[nH]c2=S)O[C@](F)(COP2(=O)OCc3ccccc3O2)[C@@H](O)[C@H]1O. The molecule has 1 amide bonds. The molecule has 4 saturated heterocycles. The summed E-state index contributed by atoms with van der Waals surface area (Å²) in [4.78, 5) is 54.4. The molecule has 0 radical (unpaired) electrons. The Morgan fingerprint density at radius 2 is 0.767 bits per heavy atom. The topological polar surface area (TPSA) is 524 Å². The summed E-state index contributed by atoms with van der Waals surface area (Å²) >= 11 is 15.0. The molecule has 40 nitrogen and oxygen atoms in total. The highest BCUT2D eigenvalue weighted by Crippen LogP contribution is 2.60. The lowest BCUT2D eigenvalue weighted by molar-refractivity contribution is -0.208. The molecule has 0 saturated carbocycles. The number of hydrogen-bond acceptors (Lipinski definition) is 36. The van der Waals surface area contributed by atoms with Gasteiger partial charge < -0.3 is 88.1 Å². The number of ether oxygens (including phenoxy) is 4. The molecule has 7 aromatic rings. The van der Waals surface area contributed by atoms with E-state index >= 15 is 17.6 Å². The smallest absolute Gasteiger partial charge is 0.404 e. The molecule has 3 aromatic heterocycles. The number of fused-ring (bicyclic) bond motifs is 4. The van der Waals surface area contributed by atoms with E-state index in [0.29, 0.717) is 27.2 Å². The maximum atomic E-state index is 15.9. The van der Waals surface area contributed by atoms with Gasteiger partial charge in [0.1, 0.15) is 104 Å². The largest absolute Gasteiger partial charge is 0.530 e. The molecular weight excluding hydrogens is 1750 g/mol. The summed E-state index contributed by atoms with van der Waals surface area (Å²) < 4.78 is 245. The van der Waals surface area contributed by atoms with E-state index < -0.39 is 177 Å². The maximum absolute atomic E-state index is 15.9. The third kappa shape index (κ3) is 18.7. The number of halogens is 4. The van der Waals surface area contributed by atoms with E-state index in [4.69, 9.17) is 118 Å². The van der Waals surface area contributed by atoms with Crippen LogP contribution in [0.25, 0.3) is 0 Å². The van der Waals surface area contributed by atoms with Gasteiger partial charge in [-0.3, -0.25) is 84.0 Å². The molecule has 0 spiro atoms. The Hall–Kier alpha value is -8.03. The van der Waals surface area contributed by atoms with Gasteiger partial charge in [0.25, 0.3) is 46.0 Å². The lowest BCUT2D eigenvalue weighted by Gasteiger charge is -2.34. The number of hydrogen-bond donors (Lipinski definition) is 12. The van der Waals surface area contributed by atoms with Crippen molar-refractivity contribution >= 4 is 73.9 Å². The van der Waals surface area contributed by atoms with Crippen LogP contribution in [0.4, 0.5) is 17.6 Å². The second kappa shape index (κ2) is 34.9. The zero-order valence-corrected chi connectivity index (χ0v) is 68.0. The van der Waals surface area contributed by atoms with Crippen molar-refractivity contribution in [2.75, 3.05) is 26.3 Å². The number of aliphatic hydroxyl groups excluding tert-OH is 8. The Morgan fingerprint density at radius 1 is 0.467 bits per heavy atom. The predicted octanol–water partition coefficient (Wildman–Crippen LogP) is 6.86. The van der Waals surface area contributed by atoms with E-state index in [2.05, 4.69) is 26.8 Å². The number of aryl methyl sites for hydroxylation is 3. The zero-order chi connectivity index (χ0) is 92.2. The first-order chi connectivity index (χ1) is 58.7. The van der Waals surface area contributed by atoms with E-state index in [1.54, 1.807) is 78.9 Å². The lowest BCUT2D eigenvalue weighted by atomic mass is 10.1. The Balaban J connectivity index is 0.000000144. The highest BCUT2D eigenvalue weighted by Gasteiger charge is 2.62. The highest BCUT2D eigenvalue weighted by molar-refractivity contribution is 7.71. The first-order valence-corrected chi connectivity index (χ1v) is 42.0. The van der Waals surface area contributed by atoms with Crippen molar-refractivity contribution in [2.45, 2.75) is 151 Å². The summed E-state index contributed by atoms with van der Waals surface area (Å²) in [6, 6.07) is 25.7. The van der Waals surface area contributed by atoms with Gasteiger partial charge in [0.2, 0.25) is 0 Å². The number of aromatic amines is 3. The number of nitrogens with zero attached hydrogens (tertiary/aromatic N) is 4. The van der Waals surface area contributed by atoms with Crippen LogP contribution in [-0.2, 0) is 105 Å². The number of alkyl halides is 4. The second-order valence-corrected chi connectivity index (χ2v) is 34.4. The fraction of sp³-hybridized carbons (Fsp3) is 0.406. The van der Waals surface area contributed by atoms with E-state index in [1.807, 2.05) is 0 Å². The first kappa shape index (κ1) is 81.6. The molecule has 4 aromatic carbocycles. The Morgan fingerprint density at radius 3 is 1.17 bits per heavy atom. The normalized spacial score (nSPS) is 36.1. The molecule has 4 fully saturated rings. The van der Waals surface area contributed by atoms with Gasteiger partial charge in [-0.2, -0.15) is 0 Å². The summed E-state index contributed by atoms with van der Waals surface area (Å²) in [6.45, 7) is -1.25. The number of nitrogens with one attached hydrogen (secondary N) is 4. The lowest BCUT2D eigenvalue weighted by Crippen LogP contribution is -2.47. The molecule has 9 aliphatic rings. The van der Waals surface area contributed by atoms with Crippen LogP contribution in [0.3, 0.4) is 0 Å². The van der Waals surface area contributed by atoms with Gasteiger partial charge >= 0.3 is 31.3 Å². The number of carbonyl (C=O) groups excluding carboxylic acids is 1. The summed E-state index contributed by atoms with van der Waals surface area (Å²) in [6.07, 6.45) is -22.1. The Labute approximate surface area is 697 Å². The molecule has 20 atom stereocenters. The highest BCUT2D eigenvalue weighted by atomic mass is 32.1. The van der Waals surface area contributed by atoms with E-state index in [9.17, 15) is 78.3 Å². The molecule has 51 heteroatoms. The average Bonchev–Trinajstić information content (AvgIpc) is 1.57. The van der Waals surface area contributed by atoms with Gasteiger partial charge in [0, 0.05) is 69.3 Å². The van der Waals surface area contributed by atoms with Gasteiger partial charge in [0.05, 0.1) is 34.7 Å². The third-order valence-electron chi connectivity index (χ3n) is 18.5. The van der Waals surface area contributed by atoms with Crippen LogP contribution in [0.2, 0.25) is 0 Å². The number of carbonyl (C=O) groups is 1. The summed E-state index contributed by atoms with van der Waals surface area (Å²) in [5.41, 5.74) is 1.19. The van der Waals surface area contributed by atoms with Crippen LogP contribution in [0.1, 0.15) is 72.8 Å². The van der Waals surface area contributed by atoms with Gasteiger partial charge in [-0.25, -0.2) is 35.8 Å². The van der Waals surface area contributed by atoms with E-state index in [-0.39, 0.29) is 91.8 Å². The monoisotopic (exact) mass is 1830 g/mol. The minimum Gasteiger partial charge on any atom is -0.404 e. The molecule has 12 N–H and O–H groups in total. The zero-order valence-electron chi connectivity index (χ0n) is 68.0. The van der Waals surface area contributed by atoms with Gasteiger partial charge in [-0.05, 0) is 88.6 Å². The number of para-hydroxylation sites is 4. The van der Waals surface area contributed by atoms with Gasteiger partial charge in [0.15, 0.2) is 39.2 Å². The summed E-state index contributed by atoms with van der Waals surface area (Å²) in [5, 5.41) is 84.9. The number of aromatic nitrogens is 6. The molecule has 9 aliphatic heterocycles. The molecule has 0 aliphatic carbocycles. The second-order valence-electron chi connectivity index (χ2n) is 27.0. The minimum absolute atomic E-state index is 0.0297. The van der Waals surface area contributed by atoms with E-state index in [0.717, 1.165) is 32.3 Å². The van der Waals surface area contributed by atoms with Crippen LogP contribution in [-0.4, -0.2) is 185 Å². The molecule has 648 valence electrons. The predicted molar refractivity (Wildman–Crippen MR) is 405 cm³/mol. The Bertz CT molecular complexity index is 6100. The maximum Gasteiger partial charge on any atom is 0.530 e. The average molecular weight is 1830 g/mol. The van der Waals surface area contributed by atoms with Crippen molar-refractivity contribution < 1.29 is 163 Å². The molecule has 12 heterocycles. The number of H-pyrrole nitrogens is 3. The molecular formula is C69H74F4N8O32P4S3. The van der Waals surface area contributed by atoms with Crippen LogP contribution < -0.4 is 40.1 Å². The van der Waals surface area contributed by atoms with Crippen molar-refractivity contribution in [1.82, 2.24) is 38.9 Å². The number of amides is 1. The van der Waals surface area contributed by atoms with E-state index in [1.165, 1.54) is 52.1 Å². The third-order valence-corrected chi connectivity index (χ3v) is 24.4. The Kier molecular flexibility index (Phi) is 23.8. The number of phosphoric acid groups is 4. The van der Waals surface area contributed by atoms with Crippen LogP contribution >= 0.6 is 67.9 Å².